The van der Waals surface area contributed by atoms with Crippen LogP contribution in [0.25, 0.3) is 0 Å². The van der Waals surface area contributed by atoms with Crippen molar-refractivity contribution in [3.63, 3.8) is 0 Å². The van der Waals surface area contributed by atoms with Crippen LogP contribution in [0.5, 0.6) is 5.75 Å². The maximum Gasteiger partial charge on any atom is 0.344 e. The van der Waals surface area contributed by atoms with Gasteiger partial charge in [0, 0.05) is 6.54 Å². The molecule has 1 N–H and O–H groups in total. The molecular formula is C20H23NO4. The first-order chi connectivity index (χ1) is 12.0. The third-order valence-corrected chi connectivity index (χ3v) is 3.79. The molecular weight excluding hydrogens is 318 g/mol. The van der Waals surface area contributed by atoms with Gasteiger partial charge in [0.2, 0.25) is 0 Å². The molecule has 2 aromatic carbocycles. The Morgan fingerprint density at radius 1 is 0.960 bits per heavy atom. The highest BCUT2D eigenvalue weighted by Crippen LogP contribution is 2.18. The van der Waals surface area contributed by atoms with Gasteiger partial charge in [-0.15, -0.1) is 0 Å². The van der Waals surface area contributed by atoms with E-state index in [9.17, 15) is 9.59 Å². The number of amides is 1. The van der Waals surface area contributed by atoms with Gasteiger partial charge in [0.15, 0.2) is 13.2 Å². The topological polar surface area (TPSA) is 64.6 Å². The first kappa shape index (κ1) is 18.5. The molecule has 0 aromatic heterocycles. The molecule has 0 aliphatic rings. The number of ether oxygens (including phenoxy) is 2. The van der Waals surface area contributed by atoms with Crippen molar-refractivity contribution in [1.29, 1.82) is 0 Å². The first-order valence-corrected chi connectivity index (χ1v) is 8.12. The SMILES string of the molecule is Cc1ccc(C)c(OCC(=O)OCC(=O)NCc2ccccc2C)c1. The van der Waals surface area contributed by atoms with Gasteiger partial charge in [0.1, 0.15) is 5.75 Å². The van der Waals surface area contributed by atoms with Crippen LogP contribution in [0.3, 0.4) is 0 Å². The third-order valence-electron chi connectivity index (χ3n) is 3.79. The number of hydrogen-bond donors (Lipinski definition) is 1. The Bertz CT molecular complexity index is 755. The van der Waals surface area contributed by atoms with Crippen LogP contribution >= 0.6 is 0 Å². The molecule has 0 saturated heterocycles. The number of carbonyl (C=O) groups is 2. The Balaban J connectivity index is 1.71. The van der Waals surface area contributed by atoms with E-state index in [-0.39, 0.29) is 19.1 Å². The largest absolute Gasteiger partial charge is 0.482 e. The van der Waals surface area contributed by atoms with E-state index in [1.165, 1.54) is 0 Å². The van der Waals surface area contributed by atoms with Crippen molar-refractivity contribution < 1.29 is 19.1 Å². The van der Waals surface area contributed by atoms with Gasteiger partial charge >= 0.3 is 5.97 Å². The van der Waals surface area contributed by atoms with Gasteiger partial charge in [-0.1, -0.05) is 36.4 Å². The monoisotopic (exact) mass is 341 g/mol. The summed E-state index contributed by atoms with van der Waals surface area (Å²) in [6, 6.07) is 13.5. The van der Waals surface area contributed by atoms with E-state index in [0.717, 1.165) is 22.3 Å². The predicted molar refractivity (Wildman–Crippen MR) is 95.4 cm³/mol. The van der Waals surface area contributed by atoms with Gasteiger partial charge in [-0.2, -0.15) is 0 Å². The number of nitrogens with one attached hydrogen (secondary N) is 1. The van der Waals surface area contributed by atoms with Gasteiger partial charge in [0.05, 0.1) is 0 Å². The normalized spacial score (nSPS) is 10.2. The van der Waals surface area contributed by atoms with Gasteiger partial charge in [-0.3, -0.25) is 4.79 Å². The van der Waals surface area contributed by atoms with Crippen molar-refractivity contribution in [1.82, 2.24) is 5.32 Å². The predicted octanol–water partition coefficient (Wildman–Crippen LogP) is 2.85. The number of hydrogen-bond acceptors (Lipinski definition) is 4. The lowest BCUT2D eigenvalue weighted by Crippen LogP contribution is -2.29. The highest BCUT2D eigenvalue weighted by atomic mass is 16.6. The summed E-state index contributed by atoms with van der Waals surface area (Å²) in [5, 5.41) is 2.73. The van der Waals surface area contributed by atoms with E-state index in [2.05, 4.69) is 5.32 Å². The zero-order valence-electron chi connectivity index (χ0n) is 14.8. The van der Waals surface area contributed by atoms with Crippen molar-refractivity contribution in [3.8, 4) is 5.75 Å². The molecule has 1 amide bonds. The van der Waals surface area contributed by atoms with E-state index in [4.69, 9.17) is 9.47 Å². The van der Waals surface area contributed by atoms with E-state index >= 15 is 0 Å². The Morgan fingerprint density at radius 3 is 2.48 bits per heavy atom. The first-order valence-electron chi connectivity index (χ1n) is 8.12. The lowest BCUT2D eigenvalue weighted by Gasteiger charge is -2.10. The molecule has 0 fully saturated rings. The van der Waals surface area contributed by atoms with Crippen molar-refractivity contribution in [2.24, 2.45) is 0 Å². The molecule has 0 heterocycles. The van der Waals surface area contributed by atoms with Gasteiger partial charge in [-0.25, -0.2) is 4.79 Å². The summed E-state index contributed by atoms with van der Waals surface area (Å²) in [6.45, 7) is 5.69. The molecule has 0 saturated carbocycles. The van der Waals surface area contributed by atoms with Crippen LogP contribution in [-0.2, 0) is 20.9 Å². The summed E-state index contributed by atoms with van der Waals surface area (Å²) in [5.41, 5.74) is 4.11. The fourth-order valence-corrected chi connectivity index (χ4v) is 2.24. The second-order valence-electron chi connectivity index (χ2n) is 5.92. The minimum Gasteiger partial charge on any atom is -0.482 e. The highest BCUT2D eigenvalue weighted by Gasteiger charge is 2.10. The number of aryl methyl sites for hydroxylation is 3. The second-order valence-corrected chi connectivity index (χ2v) is 5.92. The van der Waals surface area contributed by atoms with Crippen LogP contribution in [0.2, 0.25) is 0 Å². The van der Waals surface area contributed by atoms with Crippen LogP contribution in [0, 0.1) is 20.8 Å². The summed E-state index contributed by atoms with van der Waals surface area (Å²) in [6.07, 6.45) is 0. The molecule has 0 bridgehead atoms. The molecule has 0 atom stereocenters. The lowest BCUT2D eigenvalue weighted by molar-refractivity contribution is -0.150. The van der Waals surface area contributed by atoms with Gasteiger partial charge in [-0.05, 0) is 49.1 Å². The van der Waals surface area contributed by atoms with Gasteiger partial charge in [0.25, 0.3) is 5.91 Å². The van der Waals surface area contributed by atoms with Crippen LogP contribution in [0.4, 0.5) is 0 Å². The minimum absolute atomic E-state index is 0.227. The maximum atomic E-state index is 11.8. The van der Waals surface area contributed by atoms with Crippen LogP contribution in [0.15, 0.2) is 42.5 Å². The molecule has 0 unspecified atom stereocenters. The zero-order valence-corrected chi connectivity index (χ0v) is 14.8. The lowest BCUT2D eigenvalue weighted by atomic mass is 10.1. The number of benzene rings is 2. The summed E-state index contributed by atoms with van der Waals surface area (Å²) >= 11 is 0. The average molecular weight is 341 g/mol. The minimum atomic E-state index is -0.577. The molecule has 2 aromatic rings. The fourth-order valence-electron chi connectivity index (χ4n) is 2.24. The Morgan fingerprint density at radius 2 is 1.72 bits per heavy atom. The van der Waals surface area contributed by atoms with Crippen molar-refractivity contribution >= 4 is 11.9 Å². The molecule has 0 aliphatic heterocycles. The van der Waals surface area contributed by atoms with E-state index in [0.29, 0.717) is 12.3 Å². The third kappa shape index (κ3) is 5.95. The molecule has 5 heteroatoms. The van der Waals surface area contributed by atoms with E-state index in [1.807, 2.05) is 63.2 Å². The summed E-state index contributed by atoms with van der Waals surface area (Å²) in [7, 11) is 0. The molecule has 25 heavy (non-hydrogen) atoms. The molecule has 0 radical (unpaired) electrons. The fraction of sp³-hybridized carbons (Fsp3) is 0.300. The summed E-state index contributed by atoms with van der Waals surface area (Å²) in [4.78, 5) is 23.5. The zero-order chi connectivity index (χ0) is 18.2. The quantitative estimate of drug-likeness (QED) is 0.787. The van der Waals surface area contributed by atoms with Crippen LogP contribution < -0.4 is 10.1 Å². The standard InChI is InChI=1S/C20H23NO4/c1-14-8-9-16(3)18(10-14)24-13-20(23)25-12-19(22)21-11-17-7-5-4-6-15(17)2/h4-10H,11-13H2,1-3H3,(H,21,22). The van der Waals surface area contributed by atoms with Crippen molar-refractivity contribution in [3.05, 3.63) is 64.7 Å². The second kappa shape index (κ2) is 8.87. The van der Waals surface area contributed by atoms with Crippen LogP contribution in [-0.4, -0.2) is 25.1 Å². The van der Waals surface area contributed by atoms with Crippen LogP contribution in [0.1, 0.15) is 22.3 Å². The smallest absolute Gasteiger partial charge is 0.344 e. The number of carbonyl (C=O) groups excluding carboxylic acids is 2. The Hall–Kier alpha value is -2.82. The van der Waals surface area contributed by atoms with Crippen molar-refractivity contribution in [2.75, 3.05) is 13.2 Å². The molecule has 5 nitrogen and oxygen atoms in total. The Labute approximate surface area is 148 Å². The summed E-state index contributed by atoms with van der Waals surface area (Å²) < 4.78 is 10.4. The van der Waals surface area contributed by atoms with E-state index in [1.54, 1.807) is 0 Å². The molecule has 0 aliphatic carbocycles. The number of esters is 1. The van der Waals surface area contributed by atoms with Crippen molar-refractivity contribution in [2.45, 2.75) is 27.3 Å². The average Bonchev–Trinajstić information content (AvgIpc) is 2.60. The molecule has 2 rings (SSSR count). The maximum absolute atomic E-state index is 11.8. The number of rotatable bonds is 7. The Kier molecular flexibility index (Phi) is 6.57. The highest BCUT2D eigenvalue weighted by molar-refractivity contribution is 5.80. The van der Waals surface area contributed by atoms with Gasteiger partial charge < -0.3 is 14.8 Å². The molecule has 132 valence electrons. The summed E-state index contributed by atoms with van der Waals surface area (Å²) in [5.74, 6) is -0.281. The van der Waals surface area contributed by atoms with E-state index < -0.39 is 5.97 Å². The molecule has 0 spiro atoms.